The first-order valence-electron chi connectivity index (χ1n) is 8.89. The number of nitrogens with one attached hydrogen (secondary N) is 4. The monoisotopic (exact) mass is 339 g/mol. The van der Waals surface area contributed by atoms with E-state index >= 15 is 0 Å². The van der Waals surface area contributed by atoms with E-state index in [9.17, 15) is 14.4 Å². The molecular formula is C16H29N5O3. The van der Waals surface area contributed by atoms with Crippen LogP contribution in [0.15, 0.2) is 0 Å². The molecule has 4 amide bonds. The van der Waals surface area contributed by atoms with Crippen LogP contribution in [0.25, 0.3) is 0 Å². The number of imide groups is 1. The average Bonchev–Trinajstić information content (AvgIpc) is 3.07. The van der Waals surface area contributed by atoms with Crippen LogP contribution in [0.2, 0.25) is 0 Å². The van der Waals surface area contributed by atoms with Crippen LogP contribution in [0.1, 0.15) is 32.6 Å². The van der Waals surface area contributed by atoms with Gasteiger partial charge in [0.1, 0.15) is 0 Å². The van der Waals surface area contributed by atoms with Crippen molar-refractivity contribution in [2.24, 2.45) is 5.92 Å². The molecule has 4 N–H and O–H groups in total. The Morgan fingerprint density at radius 2 is 2.00 bits per heavy atom. The summed E-state index contributed by atoms with van der Waals surface area (Å²) in [6, 6.07) is -0.500. The topological polar surface area (TPSA) is 103 Å². The second-order valence-electron chi connectivity index (χ2n) is 6.55. The van der Waals surface area contributed by atoms with Crippen LogP contribution in [0.5, 0.6) is 0 Å². The summed E-state index contributed by atoms with van der Waals surface area (Å²) >= 11 is 0. The van der Waals surface area contributed by atoms with Crippen molar-refractivity contribution in [3.05, 3.63) is 0 Å². The van der Waals surface area contributed by atoms with E-state index in [-0.39, 0.29) is 24.4 Å². The molecule has 0 aromatic rings. The first-order valence-corrected chi connectivity index (χ1v) is 8.89. The molecule has 24 heavy (non-hydrogen) atoms. The highest BCUT2D eigenvalue weighted by atomic mass is 16.2. The minimum atomic E-state index is -0.451. The lowest BCUT2D eigenvalue weighted by Gasteiger charge is -2.32. The predicted molar refractivity (Wildman–Crippen MR) is 90.4 cm³/mol. The van der Waals surface area contributed by atoms with Crippen LogP contribution in [0.4, 0.5) is 4.79 Å². The summed E-state index contributed by atoms with van der Waals surface area (Å²) in [5.41, 5.74) is 0. The fourth-order valence-corrected chi connectivity index (χ4v) is 3.31. The van der Waals surface area contributed by atoms with Crippen LogP contribution >= 0.6 is 0 Å². The van der Waals surface area contributed by atoms with E-state index in [0.29, 0.717) is 19.0 Å². The molecule has 0 aliphatic carbocycles. The Kier molecular flexibility index (Phi) is 7.45. The molecule has 0 aromatic carbocycles. The zero-order valence-corrected chi connectivity index (χ0v) is 14.4. The summed E-state index contributed by atoms with van der Waals surface area (Å²) < 4.78 is 0. The summed E-state index contributed by atoms with van der Waals surface area (Å²) in [7, 11) is 0. The van der Waals surface area contributed by atoms with Gasteiger partial charge in [0.2, 0.25) is 11.8 Å². The molecule has 136 valence electrons. The number of carbonyl (C=O) groups is 3. The summed E-state index contributed by atoms with van der Waals surface area (Å²) in [5.74, 6) is 0.140. The Morgan fingerprint density at radius 3 is 2.71 bits per heavy atom. The van der Waals surface area contributed by atoms with Crippen LogP contribution in [0, 0.1) is 5.92 Å². The third-order valence-electron chi connectivity index (χ3n) is 4.50. The molecule has 0 saturated carbocycles. The highest BCUT2D eigenvalue weighted by Gasteiger charge is 2.25. The lowest BCUT2D eigenvalue weighted by Crippen LogP contribution is -2.49. The molecule has 2 aliphatic rings. The molecule has 2 heterocycles. The molecule has 0 spiro atoms. The van der Waals surface area contributed by atoms with Gasteiger partial charge < -0.3 is 16.0 Å². The van der Waals surface area contributed by atoms with E-state index in [1.807, 2.05) is 4.90 Å². The molecule has 2 rings (SSSR count). The lowest BCUT2D eigenvalue weighted by molar-refractivity contribution is -0.124. The molecule has 2 fully saturated rings. The van der Waals surface area contributed by atoms with Crippen molar-refractivity contribution in [2.75, 3.05) is 39.3 Å². The molecule has 2 atom stereocenters. The van der Waals surface area contributed by atoms with Gasteiger partial charge in [-0.05, 0) is 51.6 Å². The molecule has 2 unspecified atom stereocenters. The third-order valence-corrected chi connectivity index (χ3v) is 4.50. The van der Waals surface area contributed by atoms with Crippen LogP contribution < -0.4 is 21.3 Å². The number of likely N-dealkylation sites (tertiary alicyclic amines) is 1. The number of amides is 4. The van der Waals surface area contributed by atoms with Gasteiger partial charge >= 0.3 is 6.03 Å². The zero-order valence-electron chi connectivity index (χ0n) is 14.4. The average molecular weight is 339 g/mol. The van der Waals surface area contributed by atoms with Crippen molar-refractivity contribution < 1.29 is 14.4 Å². The van der Waals surface area contributed by atoms with Gasteiger partial charge in [-0.1, -0.05) is 0 Å². The second-order valence-corrected chi connectivity index (χ2v) is 6.55. The Morgan fingerprint density at radius 1 is 1.17 bits per heavy atom. The van der Waals surface area contributed by atoms with Gasteiger partial charge in [-0.3, -0.25) is 19.8 Å². The van der Waals surface area contributed by atoms with Gasteiger partial charge in [0.25, 0.3) is 0 Å². The van der Waals surface area contributed by atoms with Crippen LogP contribution in [-0.4, -0.2) is 68.1 Å². The first-order chi connectivity index (χ1) is 11.6. The highest BCUT2D eigenvalue weighted by molar-refractivity contribution is 5.95. The fraction of sp³-hybridized carbons (Fsp3) is 0.812. The van der Waals surface area contributed by atoms with E-state index in [0.717, 1.165) is 45.3 Å². The molecule has 0 radical (unpaired) electrons. The van der Waals surface area contributed by atoms with E-state index in [4.69, 9.17) is 0 Å². The smallest absolute Gasteiger partial charge is 0.321 e. The van der Waals surface area contributed by atoms with Gasteiger partial charge in [0.15, 0.2) is 0 Å². The van der Waals surface area contributed by atoms with E-state index in [1.54, 1.807) is 6.92 Å². The number of nitrogens with zero attached hydrogens (tertiary/aromatic N) is 1. The van der Waals surface area contributed by atoms with Gasteiger partial charge in [-0.2, -0.15) is 0 Å². The summed E-state index contributed by atoms with van der Waals surface area (Å²) in [6.07, 6.45) is 4.00. The van der Waals surface area contributed by atoms with Crippen LogP contribution in [0.3, 0.4) is 0 Å². The molecule has 8 heteroatoms. The number of hydrogen-bond acceptors (Lipinski definition) is 5. The SMILES string of the molecule is CCNC(=O)NC(=O)CN1CCCC(CNC(=O)C2CCCN2)C1. The molecule has 0 aromatic heterocycles. The van der Waals surface area contributed by atoms with Gasteiger partial charge in [0.05, 0.1) is 12.6 Å². The molecule has 0 bridgehead atoms. The third kappa shape index (κ3) is 6.09. The Labute approximate surface area is 143 Å². The van der Waals surface area contributed by atoms with Crippen LogP contribution in [-0.2, 0) is 9.59 Å². The number of piperidine rings is 1. The van der Waals surface area contributed by atoms with E-state index in [2.05, 4.69) is 21.3 Å². The van der Waals surface area contributed by atoms with E-state index < -0.39 is 6.03 Å². The Balaban J connectivity index is 1.68. The van der Waals surface area contributed by atoms with Gasteiger partial charge in [-0.15, -0.1) is 0 Å². The maximum absolute atomic E-state index is 12.0. The Hall–Kier alpha value is -1.67. The second kappa shape index (κ2) is 9.58. The standard InChI is InChI=1S/C16H29N5O3/c1-2-17-16(24)20-14(22)11-21-8-4-5-12(10-21)9-19-15(23)13-6-3-7-18-13/h12-13,18H,2-11H2,1H3,(H,19,23)(H2,17,20,22,24). The summed E-state index contributed by atoms with van der Waals surface area (Å²) in [5, 5.41) is 11.1. The maximum atomic E-state index is 12.0. The summed E-state index contributed by atoms with van der Waals surface area (Å²) in [4.78, 5) is 37.3. The Bertz CT molecular complexity index is 451. The minimum Gasteiger partial charge on any atom is -0.354 e. The van der Waals surface area contributed by atoms with Gasteiger partial charge in [0, 0.05) is 19.6 Å². The number of carbonyl (C=O) groups excluding carboxylic acids is 3. The van der Waals surface area contributed by atoms with Crippen molar-refractivity contribution in [1.29, 1.82) is 0 Å². The zero-order chi connectivity index (χ0) is 17.4. The molecular weight excluding hydrogens is 310 g/mol. The minimum absolute atomic E-state index is 0.0486. The highest BCUT2D eigenvalue weighted by Crippen LogP contribution is 2.15. The molecule has 8 nitrogen and oxygen atoms in total. The van der Waals surface area contributed by atoms with Crippen molar-refractivity contribution in [1.82, 2.24) is 26.2 Å². The van der Waals surface area contributed by atoms with E-state index in [1.165, 1.54) is 0 Å². The van der Waals surface area contributed by atoms with Crippen molar-refractivity contribution in [3.8, 4) is 0 Å². The molecule has 2 aliphatic heterocycles. The number of rotatable bonds is 6. The normalized spacial score (nSPS) is 24.4. The van der Waals surface area contributed by atoms with Crippen molar-refractivity contribution >= 4 is 17.8 Å². The van der Waals surface area contributed by atoms with Gasteiger partial charge in [-0.25, -0.2) is 4.79 Å². The molecule has 2 saturated heterocycles. The van der Waals surface area contributed by atoms with Crippen molar-refractivity contribution in [2.45, 2.75) is 38.6 Å². The number of urea groups is 1. The van der Waals surface area contributed by atoms with Crippen molar-refractivity contribution in [3.63, 3.8) is 0 Å². The largest absolute Gasteiger partial charge is 0.354 e. The number of hydrogen-bond donors (Lipinski definition) is 4. The summed E-state index contributed by atoms with van der Waals surface area (Å²) in [6.45, 7) is 5.67. The fourth-order valence-electron chi connectivity index (χ4n) is 3.31. The quantitative estimate of drug-likeness (QED) is 0.518. The predicted octanol–water partition coefficient (Wildman–Crippen LogP) is -0.588. The first kappa shape index (κ1) is 18.7. The maximum Gasteiger partial charge on any atom is 0.321 e. The lowest BCUT2D eigenvalue weighted by atomic mass is 9.98.